The van der Waals surface area contributed by atoms with Crippen molar-refractivity contribution in [2.75, 3.05) is 0 Å². The van der Waals surface area contributed by atoms with Gasteiger partial charge in [0.1, 0.15) is 11.6 Å². The van der Waals surface area contributed by atoms with Crippen molar-refractivity contribution in [2.45, 2.75) is 51.5 Å². The molecule has 0 aliphatic heterocycles. The topological polar surface area (TPSA) is 22.0 Å². The van der Waals surface area contributed by atoms with Crippen LogP contribution in [0.15, 0.2) is 72.8 Å². The maximum absolute atomic E-state index is 14.1. The van der Waals surface area contributed by atoms with Gasteiger partial charge >= 0.3 is 0 Å². The quantitative estimate of drug-likeness (QED) is 0.334. The Kier molecular flexibility index (Phi) is 5.65. The molecule has 0 saturated carbocycles. The van der Waals surface area contributed by atoms with Gasteiger partial charge in [-0.3, -0.25) is 4.79 Å². The molecular formula is C29H28FNO. The highest BCUT2D eigenvalue weighted by Crippen LogP contribution is 2.40. The number of fused-ring (bicyclic) bond motifs is 3. The van der Waals surface area contributed by atoms with E-state index in [0.717, 1.165) is 25.8 Å². The fourth-order valence-corrected chi connectivity index (χ4v) is 5.17. The van der Waals surface area contributed by atoms with Gasteiger partial charge in [0.05, 0.1) is 0 Å². The van der Waals surface area contributed by atoms with Gasteiger partial charge in [0.25, 0.3) is 0 Å². The number of aryl methyl sites for hydroxylation is 2. The second-order valence-corrected chi connectivity index (χ2v) is 8.95. The van der Waals surface area contributed by atoms with Gasteiger partial charge in [0, 0.05) is 35.5 Å². The molecule has 1 atom stereocenters. The molecule has 0 spiro atoms. The van der Waals surface area contributed by atoms with Crippen molar-refractivity contribution in [3.63, 3.8) is 0 Å². The van der Waals surface area contributed by atoms with Crippen LogP contribution in [0.2, 0.25) is 0 Å². The summed E-state index contributed by atoms with van der Waals surface area (Å²) in [5.41, 5.74) is 6.85. The average Bonchev–Trinajstić information content (AvgIpc) is 3.13. The number of benzene rings is 3. The molecule has 0 N–H and O–H groups in total. The number of ketones is 1. The van der Waals surface area contributed by atoms with Crippen LogP contribution >= 0.6 is 0 Å². The van der Waals surface area contributed by atoms with Crippen LogP contribution in [0, 0.1) is 12.7 Å². The van der Waals surface area contributed by atoms with Crippen LogP contribution in [-0.4, -0.2) is 10.4 Å². The molecule has 162 valence electrons. The predicted octanol–water partition coefficient (Wildman–Crippen LogP) is 6.76. The monoisotopic (exact) mass is 425 g/mol. The van der Waals surface area contributed by atoms with Crippen molar-refractivity contribution in [1.82, 2.24) is 4.57 Å². The van der Waals surface area contributed by atoms with Crippen LogP contribution < -0.4 is 0 Å². The molecule has 0 radical (unpaired) electrons. The van der Waals surface area contributed by atoms with E-state index in [1.54, 1.807) is 12.1 Å². The summed E-state index contributed by atoms with van der Waals surface area (Å²) >= 11 is 0. The normalized spacial score (nSPS) is 15.6. The molecule has 0 amide bonds. The van der Waals surface area contributed by atoms with Crippen LogP contribution in [0.3, 0.4) is 0 Å². The number of rotatable bonds is 6. The Hall–Kier alpha value is -3.20. The summed E-state index contributed by atoms with van der Waals surface area (Å²) < 4.78 is 16.5. The largest absolute Gasteiger partial charge is 0.340 e. The highest BCUT2D eigenvalue weighted by Gasteiger charge is 2.31. The highest BCUT2D eigenvalue weighted by molar-refractivity contribution is 5.95. The van der Waals surface area contributed by atoms with Gasteiger partial charge in [-0.25, -0.2) is 4.39 Å². The Labute approximate surface area is 188 Å². The van der Waals surface area contributed by atoms with Crippen LogP contribution in [0.4, 0.5) is 4.39 Å². The SMILES string of the molecule is Cc1ccc(Cn2c3c(c4ccccc42)C(C(=O)CCc2ccccc2F)CCC3)cc1. The van der Waals surface area contributed by atoms with Gasteiger partial charge in [-0.05, 0) is 61.4 Å². The molecule has 4 aromatic rings. The Bertz CT molecular complexity index is 1270. The molecule has 1 heterocycles. The van der Waals surface area contributed by atoms with E-state index in [4.69, 9.17) is 0 Å². The molecule has 2 nitrogen and oxygen atoms in total. The average molecular weight is 426 g/mol. The zero-order valence-corrected chi connectivity index (χ0v) is 18.5. The lowest BCUT2D eigenvalue weighted by Gasteiger charge is -2.24. The van der Waals surface area contributed by atoms with Gasteiger partial charge in [-0.2, -0.15) is 0 Å². The molecule has 0 fully saturated rings. The number of hydrogen-bond acceptors (Lipinski definition) is 1. The van der Waals surface area contributed by atoms with E-state index in [-0.39, 0.29) is 17.5 Å². The minimum atomic E-state index is -0.223. The van der Waals surface area contributed by atoms with E-state index in [1.165, 1.54) is 39.4 Å². The molecule has 3 heteroatoms. The maximum Gasteiger partial charge on any atom is 0.140 e. The summed E-state index contributed by atoms with van der Waals surface area (Å²) in [6, 6.07) is 23.9. The summed E-state index contributed by atoms with van der Waals surface area (Å²) in [4.78, 5) is 13.4. The number of carbonyl (C=O) groups is 1. The first-order chi connectivity index (χ1) is 15.6. The molecule has 1 unspecified atom stereocenters. The number of para-hydroxylation sites is 1. The van der Waals surface area contributed by atoms with Crippen LogP contribution in [0.25, 0.3) is 10.9 Å². The fraction of sp³-hybridized carbons (Fsp3) is 0.276. The fourth-order valence-electron chi connectivity index (χ4n) is 5.17. The zero-order valence-electron chi connectivity index (χ0n) is 18.5. The predicted molar refractivity (Wildman–Crippen MR) is 128 cm³/mol. The molecule has 1 aromatic heterocycles. The van der Waals surface area contributed by atoms with Gasteiger partial charge in [-0.1, -0.05) is 66.2 Å². The molecular weight excluding hydrogens is 397 g/mol. The lowest BCUT2D eigenvalue weighted by molar-refractivity contribution is -0.120. The summed E-state index contributed by atoms with van der Waals surface area (Å²) in [6.07, 6.45) is 3.71. The first-order valence-electron chi connectivity index (χ1n) is 11.5. The molecule has 1 aliphatic carbocycles. The van der Waals surface area contributed by atoms with Crippen LogP contribution in [0.1, 0.15) is 53.1 Å². The van der Waals surface area contributed by atoms with E-state index in [1.807, 2.05) is 6.07 Å². The Morgan fingerprint density at radius 1 is 1.00 bits per heavy atom. The standard InChI is InChI=1S/C29H28FNO/c1-20-13-15-21(16-14-20)19-31-26-11-5-3-8-23(26)29-24(9-6-12-27(29)31)28(32)18-17-22-7-2-4-10-25(22)30/h2-5,7-8,10-11,13-16,24H,6,9,12,17-19H2,1H3. The number of nitrogens with zero attached hydrogens (tertiary/aromatic N) is 1. The van der Waals surface area contributed by atoms with Gasteiger partial charge < -0.3 is 4.57 Å². The second kappa shape index (κ2) is 8.74. The number of halogens is 1. The van der Waals surface area contributed by atoms with Gasteiger partial charge in [0.15, 0.2) is 0 Å². The zero-order chi connectivity index (χ0) is 22.1. The van der Waals surface area contributed by atoms with Gasteiger partial charge in [0.2, 0.25) is 0 Å². The van der Waals surface area contributed by atoms with E-state index < -0.39 is 0 Å². The summed E-state index contributed by atoms with van der Waals surface area (Å²) in [6.45, 7) is 2.92. The first kappa shape index (κ1) is 20.7. The molecule has 3 aromatic carbocycles. The van der Waals surface area contributed by atoms with E-state index in [9.17, 15) is 9.18 Å². The maximum atomic E-state index is 14.1. The number of aromatic nitrogens is 1. The molecule has 0 saturated heterocycles. The molecule has 5 rings (SSSR count). The van der Waals surface area contributed by atoms with Crippen LogP contribution in [0.5, 0.6) is 0 Å². The van der Waals surface area contributed by atoms with Crippen molar-refractivity contribution in [1.29, 1.82) is 0 Å². The van der Waals surface area contributed by atoms with Crippen LogP contribution in [-0.2, 0) is 24.2 Å². The Morgan fingerprint density at radius 2 is 1.75 bits per heavy atom. The van der Waals surface area contributed by atoms with Crippen molar-refractivity contribution >= 4 is 16.7 Å². The highest BCUT2D eigenvalue weighted by atomic mass is 19.1. The second-order valence-electron chi connectivity index (χ2n) is 8.95. The van der Waals surface area contributed by atoms with E-state index in [0.29, 0.717) is 18.4 Å². The van der Waals surface area contributed by atoms with Gasteiger partial charge in [-0.15, -0.1) is 0 Å². The molecule has 0 bridgehead atoms. The third-order valence-corrected chi connectivity index (χ3v) is 6.83. The van der Waals surface area contributed by atoms with Crippen molar-refractivity contribution in [3.8, 4) is 0 Å². The minimum absolute atomic E-state index is 0.102. The van der Waals surface area contributed by atoms with Crippen molar-refractivity contribution in [2.24, 2.45) is 0 Å². The van der Waals surface area contributed by atoms with Crippen molar-refractivity contribution in [3.05, 3.63) is 107 Å². The molecule has 1 aliphatic rings. The number of carbonyl (C=O) groups excluding carboxylic acids is 1. The lowest BCUT2D eigenvalue weighted by Crippen LogP contribution is -2.20. The number of Topliss-reactive ketones (excluding diaryl/α,β-unsaturated/α-hetero) is 1. The summed E-state index contributed by atoms with van der Waals surface area (Å²) in [5.74, 6) is -0.0959. The Morgan fingerprint density at radius 3 is 2.56 bits per heavy atom. The third kappa shape index (κ3) is 3.88. The smallest absolute Gasteiger partial charge is 0.140 e. The third-order valence-electron chi connectivity index (χ3n) is 6.83. The Balaban J connectivity index is 1.49. The van der Waals surface area contributed by atoms with Crippen molar-refractivity contribution < 1.29 is 9.18 Å². The minimum Gasteiger partial charge on any atom is -0.340 e. The first-order valence-corrected chi connectivity index (χ1v) is 11.5. The number of hydrogen-bond donors (Lipinski definition) is 0. The summed E-state index contributed by atoms with van der Waals surface area (Å²) in [5, 5.41) is 1.19. The molecule has 32 heavy (non-hydrogen) atoms. The summed E-state index contributed by atoms with van der Waals surface area (Å²) in [7, 11) is 0. The lowest BCUT2D eigenvalue weighted by atomic mass is 9.81. The van der Waals surface area contributed by atoms with E-state index >= 15 is 0 Å². The van der Waals surface area contributed by atoms with E-state index in [2.05, 4.69) is 60.0 Å².